The second kappa shape index (κ2) is 9.37. The van der Waals surface area contributed by atoms with Gasteiger partial charge in [-0.2, -0.15) is 16.8 Å². The van der Waals surface area contributed by atoms with Crippen LogP contribution in [0.25, 0.3) is 0 Å². The molecule has 0 saturated heterocycles. The van der Waals surface area contributed by atoms with Gasteiger partial charge in [0.05, 0.1) is 12.2 Å². The lowest BCUT2D eigenvalue weighted by molar-refractivity contribution is -0.259. The van der Waals surface area contributed by atoms with Crippen LogP contribution in [0.4, 0.5) is 0 Å². The first-order valence-corrected chi connectivity index (χ1v) is 18.1. The molecule has 0 aliphatic heterocycles. The molecule has 10 heteroatoms. The first-order valence-electron chi connectivity index (χ1n) is 15.4. The molecular weight excluding hydrogens is 552 g/mol. The largest absolute Gasteiger partial charge is 0.397 e. The summed E-state index contributed by atoms with van der Waals surface area (Å²) in [5, 5.41) is 0. The Hall–Kier alpha value is -0.260. The molecule has 40 heavy (non-hydrogen) atoms. The molecule has 8 nitrogen and oxygen atoms in total. The summed E-state index contributed by atoms with van der Waals surface area (Å²) in [5.41, 5.74) is -1.02. The second-order valence-electron chi connectivity index (χ2n) is 16.2. The van der Waals surface area contributed by atoms with Crippen molar-refractivity contribution in [1.29, 1.82) is 0 Å². The number of rotatable bonds is 5. The van der Waals surface area contributed by atoms with E-state index in [2.05, 4.69) is 55.4 Å². The summed E-state index contributed by atoms with van der Waals surface area (Å²) in [7, 11) is -9.15. The van der Waals surface area contributed by atoms with Crippen LogP contribution in [0.5, 0.6) is 0 Å². The molecule has 232 valence electrons. The van der Waals surface area contributed by atoms with Crippen LogP contribution < -0.4 is 0 Å². The molecular formula is C30H52O8S2. The van der Waals surface area contributed by atoms with Crippen LogP contribution >= 0.6 is 0 Å². The molecule has 5 saturated carbocycles. The van der Waals surface area contributed by atoms with E-state index in [0.717, 1.165) is 44.9 Å². The molecule has 5 rings (SSSR count). The van der Waals surface area contributed by atoms with Crippen LogP contribution in [-0.2, 0) is 29.2 Å². The molecule has 11 atom stereocenters. The van der Waals surface area contributed by atoms with Crippen molar-refractivity contribution >= 4 is 20.8 Å². The molecule has 5 aliphatic carbocycles. The Morgan fingerprint density at radius 1 is 0.675 bits per heavy atom. The first-order chi connectivity index (χ1) is 18.1. The molecule has 5 aliphatic rings. The second-order valence-corrected chi connectivity index (χ2v) is 18.3. The average Bonchev–Trinajstić information content (AvgIpc) is 3.14. The van der Waals surface area contributed by atoms with Gasteiger partial charge in [-0.05, 0) is 120 Å². The predicted molar refractivity (Wildman–Crippen MR) is 153 cm³/mol. The molecule has 5 fully saturated rings. The Balaban J connectivity index is 1.56. The van der Waals surface area contributed by atoms with Gasteiger partial charge in [-0.25, -0.2) is 8.37 Å². The lowest BCUT2D eigenvalue weighted by Gasteiger charge is -2.73. The molecule has 0 aromatic rings. The van der Waals surface area contributed by atoms with Crippen LogP contribution in [-0.4, -0.2) is 38.1 Å². The minimum atomic E-state index is -4.60. The summed E-state index contributed by atoms with van der Waals surface area (Å²) in [6.45, 7) is 18.2. The maximum absolute atomic E-state index is 12.2. The lowest BCUT2D eigenvalue weighted by atomic mass is 9.32. The van der Waals surface area contributed by atoms with Gasteiger partial charge >= 0.3 is 20.8 Å². The van der Waals surface area contributed by atoms with Gasteiger partial charge in [0.2, 0.25) is 0 Å². The third kappa shape index (κ3) is 4.47. The predicted octanol–water partition coefficient (Wildman–Crippen LogP) is 6.73. The zero-order valence-electron chi connectivity index (χ0n) is 25.6. The van der Waals surface area contributed by atoms with E-state index < -0.39 is 38.4 Å². The molecule has 0 spiro atoms. The zero-order valence-corrected chi connectivity index (χ0v) is 27.3. The van der Waals surface area contributed by atoms with E-state index in [9.17, 15) is 25.9 Å². The van der Waals surface area contributed by atoms with Crippen molar-refractivity contribution in [2.45, 2.75) is 125 Å². The molecule has 0 radical (unpaired) electrons. The van der Waals surface area contributed by atoms with Crippen molar-refractivity contribution in [3.8, 4) is 0 Å². The van der Waals surface area contributed by atoms with Crippen LogP contribution in [0.1, 0.15) is 113 Å². The number of fused-ring (bicyclic) bond motifs is 7. The highest BCUT2D eigenvalue weighted by atomic mass is 32.3. The van der Waals surface area contributed by atoms with Crippen LogP contribution in [0.15, 0.2) is 0 Å². The van der Waals surface area contributed by atoms with E-state index in [-0.39, 0.29) is 27.6 Å². The van der Waals surface area contributed by atoms with Crippen LogP contribution in [0, 0.1) is 62.6 Å². The monoisotopic (exact) mass is 604 g/mol. The summed E-state index contributed by atoms with van der Waals surface area (Å²) in [4.78, 5) is 0. The fraction of sp³-hybridized carbons (Fsp3) is 1.00. The van der Waals surface area contributed by atoms with Crippen LogP contribution in [0.3, 0.4) is 0 Å². The Bertz CT molecular complexity index is 1230. The highest BCUT2D eigenvalue weighted by Crippen LogP contribution is 2.77. The maximum Gasteiger partial charge on any atom is 0.397 e. The van der Waals surface area contributed by atoms with Gasteiger partial charge in [0.15, 0.2) is 0 Å². The fourth-order valence-corrected chi connectivity index (χ4v) is 13.5. The number of hydrogen-bond acceptors (Lipinski definition) is 6. The smallest absolute Gasteiger partial charge is 0.264 e. The summed E-state index contributed by atoms with van der Waals surface area (Å²) in [5.74, 6) is 2.35. The van der Waals surface area contributed by atoms with Gasteiger partial charge < -0.3 is 0 Å². The molecule has 2 N–H and O–H groups in total. The third-order valence-corrected chi connectivity index (χ3v) is 15.2. The first kappa shape index (κ1) is 31.2. The van der Waals surface area contributed by atoms with E-state index in [1.807, 2.05) is 0 Å². The molecule has 0 bridgehead atoms. The summed E-state index contributed by atoms with van der Waals surface area (Å²) < 4.78 is 78.0. The van der Waals surface area contributed by atoms with Crippen molar-refractivity contribution in [1.82, 2.24) is 0 Å². The third-order valence-electron chi connectivity index (χ3n) is 14.2. The summed E-state index contributed by atoms with van der Waals surface area (Å²) >= 11 is 0. The average molecular weight is 605 g/mol. The molecule has 0 heterocycles. The minimum absolute atomic E-state index is 0.0448. The minimum Gasteiger partial charge on any atom is -0.264 e. The van der Waals surface area contributed by atoms with E-state index in [0.29, 0.717) is 42.4 Å². The van der Waals surface area contributed by atoms with E-state index >= 15 is 0 Å². The van der Waals surface area contributed by atoms with Gasteiger partial charge in [-0.15, -0.1) is 0 Å². The standard InChI is InChI=1S/C30H52O8S2/c1-18(2)19-11-14-28(6)24(38-40(34,35)36)17-30(8)20(25(19)28)9-10-22-27(5)15-13-23(37-39(31,32)33)26(3,4)21(27)12-16-29(22,30)7/h18-25H,9-17H2,1-8H3,(H,31,32,33)(H,34,35,36)/t19-,20+,21-,22+,23-,24-,25+,27-,28+,29+,30+/m0/s1. The Morgan fingerprint density at radius 3 is 1.82 bits per heavy atom. The maximum atomic E-state index is 12.2. The van der Waals surface area contributed by atoms with Crippen molar-refractivity contribution < 1.29 is 34.3 Å². The van der Waals surface area contributed by atoms with Crippen molar-refractivity contribution in [2.24, 2.45) is 62.6 Å². The molecule has 0 amide bonds. The van der Waals surface area contributed by atoms with E-state index in [1.54, 1.807) is 0 Å². The highest BCUT2D eigenvalue weighted by molar-refractivity contribution is 7.81. The van der Waals surface area contributed by atoms with Gasteiger partial charge in [-0.1, -0.05) is 55.4 Å². The quantitative estimate of drug-likeness (QED) is 0.331. The topological polar surface area (TPSA) is 127 Å². The van der Waals surface area contributed by atoms with Gasteiger partial charge in [0, 0.05) is 0 Å². The summed E-state index contributed by atoms with van der Waals surface area (Å²) in [6.07, 6.45) is 6.92. The Labute approximate surface area is 242 Å². The zero-order chi connectivity index (χ0) is 29.9. The normalized spacial score (nSPS) is 50.5. The van der Waals surface area contributed by atoms with E-state index in [4.69, 9.17) is 8.37 Å². The SMILES string of the molecule is CC(C)[C@@H]1CC[C@@]2(C)[C@H]1[C@H]1CC[C@@H]3[C@@]4(C)CC[C@H](OS(=O)(=O)O)C(C)(C)[C@@H]4CC[C@@]3(C)[C@]1(C)C[C@@H]2OS(=O)(=O)O. The lowest BCUT2D eigenvalue weighted by Crippen LogP contribution is -2.68. The summed E-state index contributed by atoms with van der Waals surface area (Å²) in [6, 6.07) is 0. The molecule has 0 aromatic heterocycles. The molecule has 0 aromatic carbocycles. The van der Waals surface area contributed by atoms with Gasteiger partial charge in [-0.3, -0.25) is 9.11 Å². The van der Waals surface area contributed by atoms with Crippen molar-refractivity contribution in [3.63, 3.8) is 0 Å². The molecule has 0 unspecified atom stereocenters. The van der Waals surface area contributed by atoms with Crippen molar-refractivity contribution in [3.05, 3.63) is 0 Å². The Kier molecular flexibility index (Phi) is 7.30. The van der Waals surface area contributed by atoms with Crippen LogP contribution in [0.2, 0.25) is 0 Å². The van der Waals surface area contributed by atoms with Crippen molar-refractivity contribution in [2.75, 3.05) is 0 Å². The van der Waals surface area contributed by atoms with E-state index in [1.165, 1.54) is 0 Å². The fourth-order valence-electron chi connectivity index (χ4n) is 12.3. The van der Waals surface area contributed by atoms with Gasteiger partial charge in [0.1, 0.15) is 0 Å². The number of hydrogen-bond donors (Lipinski definition) is 2. The highest BCUT2D eigenvalue weighted by Gasteiger charge is 2.72. The Morgan fingerprint density at radius 2 is 1.25 bits per heavy atom. The van der Waals surface area contributed by atoms with Gasteiger partial charge in [0.25, 0.3) is 0 Å².